The minimum atomic E-state index is -1.96. The summed E-state index contributed by atoms with van der Waals surface area (Å²) < 4.78 is 1.13. The second-order valence-corrected chi connectivity index (χ2v) is 10.1. The summed E-state index contributed by atoms with van der Waals surface area (Å²) in [5, 5.41) is 0. The van der Waals surface area contributed by atoms with Crippen molar-refractivity contribution >= 4 is 39.1 Å². The number of halogens is 2. The molecule has 0 amide bonds. The van der Waals surface area contributed by atoms with Crippen LogP contribution in [0, 0.1) is 0 Å². The van der Waals surface area contributed by atoms with Gasteiger partial charge in [0.25, 0.3) is 0 Å². The first-order chi connectivity index (χ1) is 4.30. The van der Waals surface area contributed by atoms with Crippen molar-refractivity contribution in [3.05, 3.63) is 30.3 Å². The SMILES string of the molecule is [Cl][121Sb]([Cl])[c]1ccccc1. The van der Waals surface area contributed by atoms with Crippen molar-refractivity contribution in [3.63, 3.8) is 0 Å². The van der Waals surface area contributed by atoms with E-state index in [-0.39, 0.29) is 0 Å². The van der Waals surface area contributed by atoms with E-state index in [0.717, 1.165) is 3.51 Å². The molecular weight excluding hydrogens is 264 g/mol. The molecule has 0 nitrogen and oxygen atoms in total. The fraction of sp³-hybridized carbons (Fsp3) is 0. The summed E-state index contributed by atoms with van der Waals surface area (Å²) in [6, 6.07) is 9.82. The van der Waals surface area contributed by atoms with E-state index >= 15 is 0 Å². The van der Waals surface area contributed by atoms with Gasteiger partial charge in [0.05, 0.1) is 0 Å². The van der Waals surface area contributed by atoms with Crippen molar-refractivity contribution in [2.45, 2.75) is 0 Å². The third-order valence-electron chi connectivity index (χ3n) is 0.951. The summed E-state index contributed by atoms with van der Waals surface area (Å²) in [7, 11) is 11.5. The number of benzene rings is 1. The summed E-state index contributed by atoms with van der Waals surface area (Å²) >= 11 is -1.96. The molecule has 0 fully saturated rings. The summed E-state index contributed by atoms with van der Waals surface area (Å²) in [6.45, 7) is 0. The van der Waals surface area contributed by atoms with Crippen molar-refractivity contribution in [2.24, 2.45) is 0 Å². The third-order valence-corrected chi connectivity index (χ3v) is 5.54. The van der Waals surface area contributed by atoms with Crippen molar-refractivity contribution in [1.82, 2.24) is 0 Å². The molecular formula is C6H5Cl2Sb. The average Bonchev–Trinajstić information content (AvgIpc) is 1.90. The second-order valence-electron chi connectivity index (χ2n) is 1.57. The van der Waals surface area contributed by atoms with Gasteiger partial charge in [0.1, 0.15) is 0 Å². The molecule has 0 unspecified atom stereocenters. The summed E-state index contributed by atoms with van der Waals surface area (Å²) in [5.41, 5.74) is 0. The zero-order chi connectivity index (χ0) is 6.69. The van der Waals surface area contributed by atoms with Gasteiger partial charge >= 0.3 is 69.4 Å². The van der Waals surface area contributed by atoms with Crippen LogP contribution in [-0.2, 0) is 0 Å². The monoisotopic (exact) mass is 268 g/mol. The first-order valence-corrected chi connectivity index (χ1v) is 10.2. The topological polar surface area (TPSA) is 0 Å². The molecule has 48 valence electrons. The van der Waals surface area contributed by atoms with Gasteiger partial charge in [-0.05, 0) is 0 Å². The molecule has 0 N–H and O–H groups in total. The van der Waals surface area contributed by atoms with Crippen LogP contribution in [-0.4, -0.2) is 17.9 Å². The fourth-order valence-corrected chi connectivity index (χ4v) is 3.19. The zero-order valence-electron chi connectivity index (χ0n) is 4.59. The van der Waals surface area contributed by atoms with Gasteiger partial charge in [0.15, 0.2) is 0 Å². The van der Waals surface area contributed by atoms with Crippen LogP contribution in [0.5, 0.6) is 0 Å². The Labute approximate surface area is 69.1 Å². The predicted molar refractivity (Wildman–Crippen MR) is 43.5 cm³/mol. The average molecular weight is 269 g/mol. The van der Waals surface area contributed by atoms with Crippen LogP contribution in [0.3, 0.4) is 0 Å². The van der Waals surface area contributed by atoms with Gasteiger partial charge in [-0.1, -0.05) is 0 Å². The molecule has 0 aromatic heterocycles. The van der Waals surface area contributed by atoms with E-state index in [1.165, 1.54) is 0 Å². The van der Waals surface area contributed by atoms with E-state index in [2.05, 4.69) is 0 Å². The van der Waals surface area contributed by atoms with Crippen LogP contribution in [0.15, 0.2) is 30.3 Å². The molecule has 0 aliphatic heterocycles. The molecule has 0 radical (unpaired) electrons. The molecule has 1 aromatic rings. The Kier molecular flexibility index (Phi) is 3.18. The van der Waals surface area contributed by atoms with Crippen LogP contribution < -0.4 is 3.51 Å². The Hall–Kier alpha value is 0.618. The Morgan fingerprint density at radius 2 is 1.56 bits per heavy atom. The molecule has 1 aromatic carbocycles. The van der Waals surface area contributed by atoms with Crippen LogP contribution in [0.1, 0.15) is 0 Å². The molecule has 0 spiro atoms. The maximum atomic E-state index is 5.75. The molecule has 0 aliphatic carbocycles. The molecule has 0 bridgehead atoms. The van der Waals surface area contributed by atoms with Crippen molar-refractivity contribution in [2.75, 3.05) is 0 Å². The Balaban J connectivity index is 2.85. The molecule has 1 rings (SSSR count). The standard InChI is InChI=1S/C6H5.2ClH.Sb/c1-2-4-6-5-3-1;;;/h1-5H;2*1H;/q;;;+2/p-2/i;;;1-1. The van der Waals surface area contributed by atoms with Crippen molar-refractivity contribution in [1.29, 1.82) is 0 Å². The van der Waals surface area contributed by atoms with Gasteiger partial charge in [-0.25, -0.2) is 0 Å². The zero-order valence-corrected chi connectivity index (χ0v) is 8.65. The van der Waals surface area contributed by atoms with E-state index in [1.54, 1.807) is 0 Å². The normalized spacial score (nSPS) is 10.1. The molecule has 9 heavy (non-hydrogen) atoms. The van der Waals surface area contributed by atoms with Crippen LogP contribution in [0.4, 0.5) is 0 Å². The fourth-order valence-electron chi connectivity index (χ4n) is 0.541. The van der Waals surface area contributed by atoms with Gasteiger partial charge in [-0.15, -0.1) is 0 Å². The van der Waals surface area contributed by atoms with Crippen LogP contribution >= 0.6 is 17.7 Å². The van der Waals surface area contributed by atoms with Gasteiger partial charge in [0.2, 0.25) is 0 Å². The van der Waals surface area contributed by atoms with Gasteiger partial charge < -0.3 is 0 Å². The first-order valence-electron chi connectivity index (χ1n) is 2.47. The quantitative estimate of drug-likeness (QED) is 0.682. The number of rotatable bonds is 1. The molecule has 0 saturated carbocycles. The minimum absolute atomic E-state index is 1.13. The predicted octanol–water partition coefficient (Wildman–Crippen LogP) is 1.86. The number of hydrogen-bond acceptors (Lipinski definition) is 0. The van der Waals surface area contributed by atoms with E-state index in [1.807, 2.05) is 30.3 Å². The molecule has 0 saturated heterocycles. The van der Waals surface area contributed by atoms with E-state index in [0.29, 0.717) is 0 Å². The summed E-state index contributed by atoms with van der Waals surface area (Å²) in [6.07, 6.45) is 0. The molecule has 0 heterocycles. The van der Waals surface area contributed by atoms with Gasteiger partial charge in [-0.3, -0.25) is 0 Å². The van der Waals surface area contributed by atoms with E-state index < -0.39 is 17.9 Å². The van der Waals surface area contributed by atoms with Crippen molar-refractivity contribution in [3.8, 4) is 0 Å². The van der Waals surface area contributed by atoms with Crippen molar-refractivity contribution < 1.29 is 0 Å². The van der Waals surface area contributed by atoms with Gasteiger partial charge in [0, 0.05) is 0 Å². The molecule has 0 aliphatic rings. The third kappa shape index (κ3) is 2.37. The second kappa shape index (κ2) is 3.71. The van der Waals surface area contributed by atoms with Gasteiger partial charge in [-0.2, -0.15) is 0 Å². The van der Waals surface area contributed by atoms with E-state index in [9.17, 15) is 0 Å². The van der Waals surface area contributed by atoms with Crippen LogP contribution in [0.25, 0.3) is 0 Å². The van der Waals surface area contributed by atoms with E-state index in [4.69, 9.17) is 17.7 Å². The summed E-state index contributed by atoms with van der Waals surface area (Å²) in [5.74, 6) is 0. The number of hydrogen-bond donors (Lipinski definition) is 0. The molecule has 0 atom stereocenters. The first kappa shape index (κ1) is 7.72. The Bertz CT molecular complexity index is 174. The van der Waals surface area contributed by atoms with Crippen LogP contribution in [0.2, 0.25) is 0 Å². The molecule has 3 heteroatoms. The maximum absolute atomic E-state index is 5.75. The summed E-state index contributed by atoms with van der Waals surface area (Å²) in [4.78, 5) is 0. The Morgan fingerprint density at radius 3 is 1.89 bits per heavy atom. The Morgan fingerprint density at radius 1 is 1.00 bits per heavy atom.